The Balaban J connectivity index is 2.63. The van der Waals surface area contributed by atoms with Gasteiger partial charge in [0.25, 0.3) is 0 Å². The number of nitrogens with zero attached hydrogens (tertiary/aromatic N) is 1. The molecule has 0 atom stereocenters. The van der Waals surface area contributed by atoms with Crippen LogP contribution in [-0.2, 0) is 11.2 Å². The number of aliphatic hydroxyl groups excluding tert-OH is 1. The van der Waals surface area contributed by atoms with E-state index >= 15 is 0 Å². The van der Waals surface area contributed by atoms with Crippen molar-refractivity contribution < 1.29 is 19.4 Å². The minimum absolute atomic E-state index is 0.00403. The zero-order valence-electron chi connectivity index (χ0n) is 12.4. The minimum Gasteiger partial charge on any atom is -0.493 e. The van der Waals surface area contributed by atoms with E-state index in [9.17, 15) is 4.79 Å². The largest absolute Gasteiger partial charge is 0.493 e. The van der Waals surface area contributed by atoms with Crippen LogP contribution in [0.1, 0.15) is 18.9 Å². The molecule has 0 saturated carbocycles. The van der Waals surface area contributed by atoms with Crippen LogP contribution in [0.5, 0.6) is 11.5 Å². The first-order chi connectivity index (χ1) is 9.65. The van der Waals surface area contributed by atoms with E-state index in [1.54, 1.807) is 19.1 Å². The molecule has 1 aromatic carbocycles. The van der Waals surface area contributed by atoms with Crippen LogP contribution in [0.3, 0.4) is 0 Å². The zero-order chi connectivity index (χ0) is 15.0. The molecule has 0 heterocycles. The molecule has 0 unspecified atom stereocenters. The Bertz CT molecular complexity index is 434. The zero-order valence-corrected chi connectivity index (χ0v) is 12.4. The van der Waals surface area contributed by atoms with E-state index in [0.29, 0.717) is 37.4 Å². The summed E-state index contributed by atoms with van der Waals surface area (Å²) in [6.07, 6.45) is 1.06. The SMILES string of the molecule is CCN(CCO)C(=O)CCc1ccc(OC)c(OC)c1. The first-order valence-corrected chi connectivity index (χ1v) is 6.75. The van der Waals surface area contributed by atoms with Crippen molar-refractivity contribution in [3.8, 4) is 11.5 Å². The Kier molecular flexibility index (Phi) is 6.87. The highest BCUT2D eigenvalue weighted by atomic mass is 16.5. The van der Waals surface area contributed by atoms with Crippen molar-refractivity contribution in [3.05, 3.63) is 23.8 Å². The number of carbonyl (C=O) groups excluding carboxylic acids is 1. The molecule has 1 aromatic rings. The molecule has 0 saturated heterocycles. The highest BCUT2D eigenvalue weighted by Gasteiger charge is 2.11. The van der Waals surface area contributed by atoms with Gasteiger partial charge in [-0.25, -0.2) is 0 Å². The molecule has 112 valence electrons. The lowest BCUT2D eigenvalue weighted by Gasteiger charge is -2.19. The van der Waals surface area contributed by atoms with Crippen molar-refractivity contribution >= 4 is 5.91 Å². The highest BCUT2D eigenvalue weighted by molar-refractivity contribution is 5.76. The standard InChI is InChI=1S/C15H23NO4/c1-4-16(9-10-17)15(18)8-6-12-5-7-13(19-2)14(11-12)20-3/h5,7,11,17H,4,6,8-10H2,1-3H3. The first kappa shape index (κ1) is 16.3. The third-order valence-corrected chi connectivity index (χ3v) is 3.18. The van der Waals surface area contributed by atoms with Crippen LogP contribution in [0.25, 0.3) is 0 Å². The summed E-state index contributed by atoms with van der Waals surface area (Å²) in [5.74, 6) is 1.40. The van der Waals surface area contributed by atoms with Gasteiger partial charge in [-0.05, 0) is 31.0 Å². The lowest BCUT2D eigenvalue weighted by atomic mass is 10.1. The quantitative estimate of drug-likeness (QED) is 0.784. The number of amides is 1. The second-order valence-corrected chi connectivity index (χ2v) is 4.39. The Labute approximate surface area is 120 Å². The average molecular weight is 281 g/mol. The number of ether oxygens (including phenoxy) is 2. The number of aryl methyl sites for hydroxylation is 1. The topological polar surface area (TPSA) is 59.0 Å². The average Bonchev–Trinajstić information content (AvgIpc) is 2.49. The minimum atomic E-state index is -0.00403. The van der Waals surface area contributed by atoms with Gasteiger partial charge < -0.3 is 19.5 Å². The van der Waals surface area contributed by atoms with Gasteiger partial charge in [-0.15, -0.1) is 0 Å². The summed E-state index contributed by atoms with van der Waals surface area (Å²) in [5.41, 5.74) is 1.02. The molecule has 20 heavy (non-hydrogen) atoms. The summed E-state index contributed by atoms with van der Waals surface area (Å²) >= 11 is 0. The summed E-state index contributed by atoms with van der Waals surface area (Å²) in [4.78, 5) is 13.6. The smallest absolute Gasteiger partial charge is 0.222 e. The van der Waals surface area contributed by atoms with E-state index < -0.39 is 0 Å². The molecule has 1 rings (SSSR count). The van der Waals surface area contributed by atoms with Gasteiger partial charge in [0.05, 0.1) is 20.8 Å². The van der Waals surface area contributed by atoms with Crippen molar-refractivity contribution in [2.24, 2.45) is 0 Å². The number of carbonyl (C=O) groups is 1. The Morgan fingerprint density at radius 1 is 1.25 bits per heavy atom. The molecular formula is C15H23NO4. The third kappa shape index (κ3) is 4.42. The Morgan fingerprint density at radius 2 is 1.95 bits per heavy atom. The number of hydrogen-bond donors (Lipinski definition) is 1. The van der Waals surface area contributed by atoms with E-state index in [4.69, 9.17) is 14.6 Å². The fourth-order valence-electron chi connectivity index (χ4n) is 2.03. The van der Waals surface area contributed by atoms with Crippen LogP contribution in [-0.4, -0.2) is 49.8 Å². The third-order valence-electron chi connectivity index (χ3n) is 3.18. The van der Waals surface area contributed by atoms with Gasteiger partial charge in [-0.1, -0.05) is 6.07 Å². The van der Waals surface area contributed by atoms with Gasteiger partial charge in [0.15, 0.2) is 11.5 Å². The van der Waals surface area contributed by atoms with Crippen LogP contribution in [0.4, 0.5) is 0 Å². The molecule has 5 heteroatoms. The number of rotatable bonds is 8. The summed E-state index contributed by atoms with van der Waals surface area (Å²) in [5, 5.41) is 8.90. The molecule has 0 aliphatic carbocycles. The van der Waals surface area contributed by atoms with Gasteiger partial charge in [0, 0.05) is 19.5 Å². The van der Waals surface area contributed by atoms with Gasteiger partial charge in [-0.3, -0.25) is 4.79 Å². The predicted octanol–water partition coefficient (Wildman–Crippen LogP) is 1.48. The van der Waals surface area contributed by atoms with Crippen LogP contribution >= 0.6 is 0 Å². The number of methoxy groups -OCH3 is 2. The van der Waals surface area contributed by atoms with Crippen molar-refractivity contribution in [1.82, 2.24) is 4.90 Å². The van der Waals surface area contributed by atoms with E-state index in [-0.39, 0.29) is 12.5 Å². The van der Waals surface area contributed by atoms with Crippen LogP contribution in [0.2, 0.25) is 0 Å². The summed E-state index contributed by atoms with van der Waals surface area (Å²) < 4.78 is 10.4. The molecule has 0 aliphatic rings. The second kappa shape index (κ2) is 8.43. The second-order valence-electron chi connectivity index (χ2n) is 4.39. The molecule has 5 nitrogen and oxygen atoms in total. The molecule has 0 aromatic heterocycles. The molecular weight excluding hydrogens is 258 g/mol. The normalized spacial score (nSPS) is 10.2. The van der Waals surface area contributed by atoms with Crippen LogP contribution < -0.4 is 9.47 Å². The predicted molar refractivity (Wildman–Crippen MR) is 77.2 cm³/mol. The molecule has 0 radical (unpaired) electrons. The summed E-state index contributed by atoms with van der Waals surface area (Å²) in [6, 6.07) is 5.65. The molecule has 0 aliphatic heterocycles. The maximum absolute atomic E-state index is 12.0. The lowest BCUT2D eigenvalue weighted by Crippen LogP contribution is -2.33. The summed E-state index contributed by atoms with van der Waals surface area (Å²) in [6.45, 7) is 2.91. The Morgan fingerprint density at radius 3 is 2.50 bits per heavy atom. The maximum atomic E-state index is 12.0. The lowest BCUT2D eigenvalue weighted by molar-refractivity contribution is -0.131. The van der Waals surface area contributed by atoms with Gasteiger partial charge >= 0.3 is 0 Å². The fraction of sp³-hybridized carbons (Fsp3) is 0.533. The molecule has 1 N–H and O–H groups in total. The Hall–Kier alpha value is -1.75. The van der Waals surface area contributed by atoms with Crippen molar-refractivity contribution in [2.75, 3.05) is 33.9 Å². The van der Waals surface area contributed by atoms with Crippen LogP contribution in [0.15, 0.2) is 18.2 Å². The van der Waals surface area contributed by atoms with Crippen molar-refractivity contribution in [3.63, 3.8) is 0 Å². The van der Waals surface area contributed by atoms with Crippen molar-refractivity contribution in [2.45, 2.75) is 19.8 Å². The number of likely N-dealkylation sites (N-methyl/N-ethyl adjacent to an activating group) is 1. The first-order valence-electron chi connectivity index (χ1n) is 6.75. The van der Waals surface area contributed by atoms with E-state index in [0.717, 1.165) is 5.56 Å². The number of benzene rings is 1. The van der Waals surface area contributed by atoms with Crippen LogP contribution in [0, 0.1) is 0 Å². The van der Waals surface area contributed by atoms with Gasteiger partial charge in [0.2, 0.25) is 5.91 Å². The van der Waals surface area contributed by atoms with E-state index in [2.05, 4.69) is 0 Å². The van der Waals surface area contributed by atoms with E-state index in [1.165, 1.54) is 0 Å². The fourth-order valence-corrected chi connectivity index (χ4v) is 2.03. The van der Waals surface area contributed by atoms with Crippen molar-refractivity contribution in [1.29, 1.82) is 0 Å². The number of aliphatic hydroxyl groups is 1. The highest BCUT2D eigenvalue weighted by Crippen LogP contribution is 2.27. The maximum Gasteiger partial charge on any atom is 0.222 e. The van der Waals surface area contributed by atoms with Gasteiger partial charge in [0.1, 0.15) is 0 Å². The van der Waals surface area contributed by atoms with Gasteiger partial charge in [-0.2, -0.15) is 0 Å². The monoisotopic (exact) mass is 281 g/mol. The van der Waals surface area contributed by atoms with E-state index in [1.807, 2.05) is 25.1 Å². The molecule has 0 fully saturated rings. The molecule has 0 spiro atoms. The number of hydrogen-bond acceptors (Lipinski definition) is 4. The summed E-state index contributed by atoms with van der Waals surface area (Å²) in [7, 11) is 3.18. The molecule has 1 amide bonds. The molecule has 0 bridgehead atoms.